The van der Waals surface area contributed by atoms with Crippen molar-refractivity contribution < 1.29 is 4.43 Å². The monoisotopic (exact) mass is 144 g/mol. The minimum absolute atomic E-state index is 0.742. The molecule has 0 amide bonds. The third-order valence-corrected chi connectivity index (χ3v) is 2.18. The second-order valence-corrected chi connectivity index (χ2v) is 3.11. The Bertz CT molecular complexity index is 42.2. The van der Waals surface area contributed by atoms with Gasteiger partial charge in [0.1, 0.15) is 0 Å². The largest absolute Gasteiger partial charge is 0.418 e. The van der Waals surface area contributed by atoms with Gasteiger partial charge in [0, 0.05) is 6.61 Å². The van der Waals surface area contributed by atoms with Gasteiger partial charge in [-0.15, -0.1) is 0 Å². The smallest absolute Gasteiger partial charge is 0.229 e. The molecule has 0 aliphatic heterocycles. The molecule has 2 radical (unpaired) electrons. The minimum Gasteiger partial charge on any atom is -0.418 e. The van der Waals surface area contributed by atoms with Crippen LogP contribution in [0.5, 0.6) is 0 Å². The van der Waals surface area contributed by atoms with Crippen molar-refractivity contribution in [3.05, 3.63) is 0 Å². The van der Waals surface area contributed by atoms with Crippen molar-refractivity contribution in [2.75, 3.05) is 6.61 Å². The summed E-state index contributed by atoms with van der Waals surface area (Å²) in [6.45, 7) is 5.15. The van der Waals surface area contributed by atoms with Crippen LogP contribution in [0.2, 0.25) is 6.04 Å². The molecule has 0 aromatic rings. The van der Waals surface area contributed by atoms with E-state index in [9.17, 15) is 0 Å². The van der Waals surface area contributed by atoms with Crippen LogP contribution in [0.4, 0.5) is 0 Å². The van der Waals surface area contributed by atoms with E-state index in [0.717, 1.165) is 16.4 Å². The summed E-state index contributed by atoms with van der Waals surface area (Å²) in [6, 6.07) is 1.27. The molecule has 0 saturated carbocycles. The Labute approximate surface area is 60.7 Å². The second kappa shape index (κ2) is 8.18. The minimum atomic E-state index is 0.742. The fourth-order valence-corrected chi connectivity index (χ4v) is 1.36. The summed E-state index contributed by atoms with van der Waals surface area (Å²) in [5, 5.41) is 0. The molecule has 0 unspecified atom stereocenters. The van der Waals surface area contributed by atoms with E-state index in [1.165, 1.54) is 25.3 Å². The molecular weight excluding hydrogens is 128 g/mol. The topological polar surface area (TPSA) is 9.23 Å². The van der Waals surface area contributed by atoms with Gasteiger partial charge in [-0.05, 0) is 13.0 Å². The number of unbranched alkanes of at least 4 members (excludes halogenated alkanes) is 2. The van der Waals surface area contributed by atoms with Crippen molar-refractivity contribution in [3.8, 4) is 0 Å². The molecule has 9 heavy (non-hydrogen) atoms. The summed E-state index contributed by atoms with van der Waals surface area (Å²) in [5.74, 6) is 0. The van der Waals surface area contributed by atoms with E-state index in [0.29, 0.717) is 0 Å². The molecule has 2 heteroatoms. The molecular formula is C7H16OSi. The fourth-order valence-electron chi connectivity index (χ4n) is 0.621. The van der Waals surface area contributed by atoms with Crippen LogP contribution in [0.15, 0.2) is 0 Å². The zero-order valence-electron chi connectivity index (χ0n) is 6.44. The molecule has 0 spiro atoms. The van der Waals surface area contributed by atoms with E-state index in [2.05, 4.69) is 6.92 Å². The molecule has 0 aromatic carbocycles. The first kappa shape index (κ1) is 9.18. The van der Waals surface area contributed by atoms with Crippen LogP contribution in [0.1, 0.15) is 33.1 Å². The van der Waals surface area contributed by atoms with Gasteiger partial charge in [0.25, 0.3) is 0 Å². The predicted molar refractivity (Wildman–Crippen MR) is 41.7 cm³/mol. The molecule has 0 heterocycles. The molecule has 0 aliphatic rings. The van der Waals surface area contributed by atoms with E-state index in [4.69, 9.17) is 4.43 Å². The first-order valence-electron chi connectivity index (χ1n) is 3.76. The van der Waals surface area contributed by atoms with Gasteiger partial charge < -0.3 is 4.43 Å². The van der Waals surface area contributed by atoms with Crippen LogP contribution in [0.3, 0.4) is 0 Å². The van der Waals surface area contributed by atoms with Gasteiger partial charge in [-0.1, -0.05) is 26.2 Å². The lowest BCUT2D eigenvalue weighted by molar-refractivity contribution is 0.359. The highest BCUT2D eigenvalue weighted by Gasteiger charge is 1.88. The first-order valence-corrected chi connectivity index (χ1v) is 4.88. The highest BCUT2D eigenvalue weighted by atomic mass is 28.2. The maximum absolute atomic E-state index is 5.21. The van der Waals surface area contributed by atoms with Gasteiger partial charge in [0.2, 0.25) is 9.76 Å². The van der Waals surface area contributed by atoms with E-state index in [-0.39, 0.29) is 0 Å². The Hall–Kier alpha value is 0.177. The molecule has 0 rings (SSSR count). The van der Waals surface area contributed by atoms with Gasteiger partial charge >= 0.3 is 0 Å². The SMILES string of the molecule is CCCCC[Si]OCC. The maximum Gasteiger partial charge on any atom is 0.229 e. The lowest BCUT2D eigenvalue weighted by atomic mass is 10.3. The number of hydrogen-bond donors (Lipinski definition) is 0. The van der Waals surface area contributed by atoms with Crippen LogP contribution in [0, 0.1) is 0 Å². The Balaban J connectivity index is 2.60. The molecule has 1 nitrogen and oxygen atoms in total. The van der Waals surface area contributed by atoms with Crippen molar-refractivity contribution in [1.82, 2.24) is 0 Å². The van der Waals surface area contributed by atoms with E-state index in [1.54, 1.807) is 0 Å². The average molecular weight is 144 g/mol. The highest BCUT2D eigenvalue weighted by molar-refractivity contribution is 6.26. The summed E-state index contributed by atoms with van der Waals surface area (Å²) in [4.78, 5) is 0. The molecule has 0 saturated heterocycles. The van der Waals surface area contributed by atoms with Gasteiger partial charge in [0.05, 0.1) is 0 Å². The summed E-state index contributed by atoms with van der Waals surface area (Å²) in [7, 11) is 0.742. The van der Waals surface area contributed by atoms with Gasteiger partial charge in [-0.25, -0.2) is 0 Å². The summed E-state index contributed by atoms with van der Waals surface area (Å²) in [6.07, 6.45) is 4.02. The predicted octanol–water partition coefficient (Wildman–Crippen LogP) is 2.25. The zero-order chi connectivity index (χ0) is 6.95. The molecule has 54 valence electrons. The highest BCUT2D eigenvalue weighted by Crippen LogP contribution is 1.98. The molecule has 0 N–H and O–H groups in total. The molecule has 0 fully saturated rings. The van der Waals surface area contributed by atoms with Crippen molar-refractivity contribution in [2.45, 2.75) is 39.2 Å². The second-order valence-electron chi connectivity index (χ2n) is 2.03. The van der Waals surface area contributed by atoms with Crippen LogP contribution in [-0.4, -0.2) is 16.4 Å². The summed E-state index contributed by atoms with van der Waals surface area (Å²) < 4.78 is 5.21. The average Bonchev–Trinajstić information content (AvgIpc) is 1.89. The Morgan fingerprint density at radius 1 is 1.22 bits per heavy atom. The first-order chi connectivity index (χ1) is 4.41. The van der Waals surface area contributed by atoms with Gasteiger partial charge in [-0.3, -0.25) is 0 Å². The maximum atomic E-state index is 5.21. The van der Waals surface area contributed by atoms with E-state index >= 15 is 0 Å². The third-order valence-electron chi connectivity index (χ3n) is 1.13. The van der Waals surface area contributed by atoms with Crippen LogP contribution >= 0.6 is 0 Å². The summed E-state index contributed by atoms with van der Waals surface area (Å²) in [5.41, 5.74) is 0. The van der Waals surface area contributed by atoms with Gasteiger partial charge in [0.15, 0.2) is 0 Å². The van der Waals surface area contributed by atoms with Crippen LogP contribution in [0.25, 0.3) is 0 Å². The van der Waals surface area contributed by atoms with Crippen molar-refractivity contribution >= 4 is 9.76 Å². The van der Waals surface area contributed by atoms with E-state index < -0.39 is 0 Å². The Morgan fingerprint density at radius 3 is 2.56 bits per heavy atom. The summed E-state index contributed by atoms with van der Waals surface area (Å²) >= 11 is 0. The normalized spacial score (nSPS) is 10.0. The van der Waals surface area contributed by atoms with Gasteiger partial charge in [-0.2, -0.15) is 0 Å². The standard InChI is InChI=1S/C7H16OSi/c1-3-5-6-7-9-8-4-2/h3-7H2,1-2H3. The number of rotatable bonds is 6. The van der Waals surface area contributed by atoms with Crippen molar-refractivity contribution in [3.63, 3.8) is 0 Å². The quantitative estimate of drug-likeness (QED) is 0.410. The Morgan fingerprint density at radius 2 is 2.00 bits per heavy atom. The fraction of sp³-hybridized carbons (Fsp3) is 1.00. The lowest BCUT2D eigenvalue weighted by Crippen LogP contribution is -1.96. The molecule has 0 bridgehead atoms. The zero-order valence-corrected chi connectivity index (χ0v) is 7.44. The van der Waals surface area contributed by atoms with Crippen molar-refractivity contribution in [1.29, 1.82) is 0 Å². The molecule has 0 atom stereocenters. The Kier molecular flexibility index (Phi) is 8.34. The van der Waals surface area contributed by atoms with Crippen LogP contribution in [-0.2, 0) is 4.43 Å². The molecule has 0 aliphatic carbocycles. The third kappa shape index (κ3) is 8.18. The lowest BCUT2D eigenvalue weighted by Gasteiger charge is -1.96. The van der Waals surface area contributed by atoms with E-state index in [1.807, 2.05) is 6.92 Å². The van der Waals surface area contributed by atoms with Crippen LogP contribution < -0.4 is 0 Å². The number of hydrogen-bond acceptors (Lipinski definition) is 1. The molecule has 0 aromatic heterocycles. The van der Waals surface area contributed by atoms with Crippen molar-refractivity contribution in [2.24, 2.45) is 0 Å².